The average Bonchev–Trinajstić information content (AvgIpc) is 3.43. The van der Waals surface area contributed by atoms with Crippen molar-refractivity contribution in [2.45, 2.75) is 26.5 Å². The molecule has 37 heavy (non-hydrogen) atoms. The van der Waals surface area contributed by atoms with Gasteiger partial charge in [0.05, 0.1) is 11.6 Å². The maximum absolute atomic E-state index is 13.7. The van der Waals surface area contributed by atoms with Crippen LogP contribution in [0.1, 0.15) is 33.3 Å². The molecule has 186 valence electrons. The number of ketones is 1. The van der Waals surface area contributed by atoms with Crippen LogP contribution in [-0.4, -0.2) is 27.0 Å². The van der Waals surface area contributed by atoms with Gasteiger partial charge >= 0.3 is 5.91 Å². The number of nitrogens with zero attached hydrogens (tertiary/aromatic N) is 3. The van der Waals surface area contributed by atoms with Crippen molar-refractivity contribution in [2.24, 2.45) is 0 Å². The molecule has 3 aromatic carbocycles. The van der Waals surface area contributed by atoms with Crippen LogP contribution in [0.5, 0.6) is 5.75 Å². The summed E-state index contributed by atoms with van der Waals surface area (Å²) >= 11 is 1.14. The number of aliphatic hydroxyl groups is 1. The first kappa shape index (κ1) is 24.3. The number of ether oxygens (including phenoxy) is 1. The lowest BCUT2D eigenvalue weighted by atomic mass is 9.95. The predicted octanol–water partition coefficient (Wildman–Crippen LogP) is 5.50. The van der Waals surface area contributed by atoms with Gasteiger partial charge in [-0.1, -0.05) is 53.3 Å². The molecule has 7 nitrogen and oxygen atoms in total. The molecular formula is C28H22FN3O4S. The van der Waals surface area contributed by atoms with Crippen molar-refractivity contribution in [2.75, 3.05) is 4.90 Å². The predicted molar refractivity (Wildman–Crippen MR) is 138 cm³/mol. The lowest BCUT2D eigenvalue weighted by Gasteiger charge is -2.22. The van der Waals surface area contributed by atoms with Gasteiger partial charge in [0.1, 0.15) is 28.9 Å². The molecule has 1 atom stereocenters. The van der Waals surface area contributed by atoms with Crippen LogP contribution in [0.2, 0.25) is 0 Å². The van der Waals surface area contributed by atoms with Gasteiger partial charge in [0, 0.05) is 5.56 Å². The van der Waals surface area contributed by atoms with E-state index >= 15 is 0 Å². The summed E-state index contributed by atoms with van der Waals surface area (Å²) < 4.78 is 19.5. The number of rotatable bonds is 6. The van der Waals surface area contributed by atoms with Gasteiger partial charge in [0.2, 0.25) is 5.13 Å². The number of halogens is 1. The Morgan fingerprint density at radius 1 is 1.03 bits per heavy atom. The summed E-state index contributed by atoms with van der Waals surface area (Å²) in [5.74, 6) is -1.93. The fraction of sp³-hybridized carbons (Fsp3) is 0.143. The topological polar surface area (TPSA) is 92.6 Å². The Bertz CT molecular complexity index is 1510. The molecule has 1 N–H and O–H groups in total. The largest absolute Gasteiger partial charge is 0.507 e. The van der Waals surface area contributed by atoms with Crippen molar-refractivity contribution < 1.29 is 23.8 Å². The standard InChI is InChI=1S/C28H22FN3O4S/c1-16-4-3-5-18(14-16)15-36-22-12-8-20(9-13-22)25(33)23-24(19-6-10-21(29)11-7-19)32(27(35)26(23)34)28-31-30-17(2)37-28/h3-14,24,33H,15H2,1-2H3/b25-23-. The quantitative estimate of drug-likeness (QED) is 0.207. The Balaban J connectivity index is 1.50. The molecule has 0 radical (unpaired) electrons. The van der Waals surface area contributed by atoms with Gasteiger partial charge in [-0.2, -0.15) is 0 Å². The molecule has 0 aliphatic carbocycles. The third-order valence-electron chi connectivity index (χ3n) is 5.97. The molecule has 1 aliphatic heterocycles. The van der Waals surface area contributed by atoms with Crippen molar-refractivity contribution in [3.63, 3.8) is 0 Å². The van der Waals surface area contributed by atoms with Gasteiger partial charge in [-0.25, -0.2) is 4.39 Å². The molecular weight excluding hydrogens is 493 g/mol. The van der Waals surface area contributed by atoms with Crippen LogP contribution in [-0.2, 0) is 16.2 Å². The van der Waals surface area contributed by atoms with E-state index < -0.39 is 23.5 Å². The van der Waals surface area contributed by atoms with Crippen LogP contribution in [0, 0.1) is 19.7 Å². The molecule has 0 saturated carbocycles. The fourth-order valence-electron chi connectivity index (χ4n) is 4.21. The number of hydrogen-bond donors (Lipinski definition) is 1. The van der Waals surface area contributed by atoms with E-state index in [4.69, 9.17) is 4.74 Å². The lowest BCUT2D eigenvalue weighted by molar-refractivity contribution is -0.132. The van der Waals surface area contributed by atoms with Crippen molar-refractivity contribution in [3.8, 4) is 5.75 Å². The monoisotopic (exact) mass is 515 g/mol. The highest BCUT2D eigenvalue weighted by molar-refractivity contribution is 7.15. The summed E-state index contributed by atoms with van der Waals surface area (Å²) in [6.45, 7) is 4.12. The van der Waals surface area contributed by atoms with Crippen LogP contribution < -0.4 is 9.64 Å². The fourth-order valence-corrected chi connectivity index (χ4v) is 4.92. The number of hydrogen-bond acceptors (Lipinski definition) is 7. The molecule has 1 aliphatic rings. The second-order valence-corrected chi connectivity index (χ2v) is 9.79. The highest BCUT2D eigenvalue weighted by Gasteiger charge is 2.48. The normalized spacial score (nSPS) is 16.8. The van der Waals surface area contributed by atoms with Crippen LogP contribution in [0.3, 0.4) is 0 Å². The summed E-state index contributed by atoms with van der Waals surface area (Å²) in [6.07, 6.45) is 0. The number of Topliss-reactive ketones (excluding diaryl/α,β-unsaturated/α-hetero) is 1. The molecule has 1 saturated heterocycles. The molecule has 0 bridgehead atoms. The molecule has 0 spiro atoms. The number of carbonyl (C=O) groups excluding carboxylic acids is 2. The zero-order valence-corrected chi connectivity index (χ0v) is 20.8. The summed E-state index contributed by atoms with van der Waals surface area (Å²) in [4.78, 5) is 27.4. The van der Waals surface area contributed by atoms with Crippen LogP contribution >= 0.6 is 11.3 Å². The second-order valence-electron chi connectivity index (χ2n) is 8.63. The number of anilines is 1. The first-order valence-corrected chi connectivity index (χ1v) is 12.3. The van der Waals surface area contributed by atoms with E-state index in [-0.39, 0.29) is 16.5 Å². The molecule has 5 rings (SSSR count). The van der Waals surface area contributed by atoms with E-state index in [0.29, 0.717) is 28.5 Å². The highest BCUT2D eigenvalue weighted by Crippen LogP contribution is 2.43. The van der Waals surface area contributed by atoms with Gasteiger partial charge in [0.15, 0.2) is 0 Å². The van der Waals surface area contributed by atoms with Crippen molar-refractivity contribution >= 4 is 33.9 Å². The summed E-state index contributed by atoms with van der Waals surface area (Å²) in [6, 6.07) is 19.0. The van der Waals surface area contributed by atoms with Crippen LogP contribution in [0.25, 0.3) is 5.76 Å². The van der Waals surface area contributed by atoms with Gasteiger partial charge in [-0.15, -0.1) is 10.2 Å². The van der Waals surface area contributed by atoms with E-state index in [1.807, 2.05) is 31.2 Å². The Hall–Kier alpha value is -4.37. The maximum atomic E-state index is 13.7. The SMILES string of the molecule is Cc1cccc(COc2ccc(/C(O)=C3/C(=O)C(=O)N(c4nnc(C)s4)C3c3ccc(F)cc3)cc2)c1. The molecule has 1 unspecified atom stereocenters. The number of amides is 1. The van der Waals surface area contributed by atoms with E-state index in [9.17, 15) is 19.1 Å². The molecule has 1 fully saturated rings. The van der Waals surface area contributed by atoms with Gasteiger partial charge < -0.3 is 9.84 Å². The van der Waals surface area contributed by atoms with E-state index in [0.717, 1.165) is 22.5 Å². The van der Waals surface area contributed by atoms with Crippen molar-refractivity contribution in [3.05, 3.63) is 111 Å². The molecule has 9 heteroatoms. The van der Waals surface area contributed by atoms with Crippen LogP contribution in [0.4, 0.5) is 9.52 Å². The second kappa shape index (κ2) is 9.94. The van der Waals surface area contributed by atoms with Gasteiger partial charge in [-0.3, -0.25) is 14.5 Å². The zero-order valence-electron chi connectivity index (χ0n) is 20.0. The number of aromatic nitrogens is 2. The van der Waals surface area contributed by atoms with E-state index in [1.165, 1.54) is 29.2 Å². The third kappa shape index (κ3) is 4.85. The molecule has 4 aromatic rings. The minimum Gasteiger partial charge on any atom is -0.507 e. The summed E-state index contributed by atoms with van der Waals surface area (Å²) in [7, 11) is 0. The van der Waals surface area contributed by atoms with E-state index in [1.54, 1.807) is 31.2 Å². The maximum Gasteiger partial charge on any atom is 0.301 e. The Kier molecular flexibility index (Phi) is 6.54. The minimum atomic E-state index is -0.995. The molecule has 2 heterocycles. The first-order valence-electron chi connectivity index (χ1n) is 11.5. The third-order valence-corrected chi connectivity index (χ3v) is 6.81. The number of aryl methyl sites for hydroxylation is 2. The lowest BCUT2D eigenvalue weighted by Crippen LogP contribution is -2.29. The Morgan fingerprint density at radius 3 is 2.41 bits per heavy atom. The van der Waals surface area contributed by atoms with Gasteiger partial charge in [-0.05, 0) is 61.4 Å². The smallest absolute Gasteiger partial charge is 0.301 e. The number of aliphatic hydroxyl groups excluding tert-OH is 1. The van der Waals surface area contributed by atoms with Gasteiger partial charge in [0.25, 0.3) is 5.78 Å². The molecule has 1 amide bonds. The van der Waals surface area contributed by atoms with Crippen molar-refractivity contribution in [1.29, 1.82) is 0 Å². The Morgan fingerprint density at radius 2 is 1.76 bits per heavy atom. The van der Waals surface area contributed by atoms with E-state index in [2.05, 4.69) is 10.2 Å². The number of benzene rings is 3. The minimum absolute atomic E-state index is 0.113. The van der Waals surface area contributed by atoms with Crippen LogP contribution in [0.15, 0.2) is 78.4 Å². The summed E-state index contributed by atoms with van der Waals surface area (Å²) in [5, 5.41) is 20.0. The highest BCUT2D eigenvalue weighted by atomic mass is 32.1. The first-order chi connectivity index (χ1) is 17.8. The van der Waals surface area contributed by atoms with Crippen molar-refractivity contribution in [1.82, 2.24) is 10.2 Å². The zero-order chi connectivity index (χ0) is 26.1. The number of carbonyl (C=O) groups is 2. The average molecular weight is 516 g/mol. The summed E-state index contributed by atoms with van der Waals surface area (Å²) in [5.41, 5.74) is 2.84. The molecule has 1 aromatic heterocycles. The Labute approximate surface area is 216 Å².